The SMILES string of the molecule is O=C(O)C(Cc1ccccc1)Nc1ccco1. The van der Waals surface area contributed by atoms with Gasteiger partial charge in [0.2, 0.25) is 0 Å². The molecule has 0 fully saturated rings. The topological polar surface area (TPSA) is 62.5 Å². The third-order valence-electron chi connectivity index (χ3n) is 2.42. The zero-order valence-electron chi connectivity index (χ0n) is 9.17. The average Bonchev–Trinajstić information content (AvgIpc) is 2.82. The molecule has 88 valence electrons. The smallest absolute Gasteiger partial charge is 0.326 e. The molecule has 0 bridgehead atoms. The van der Waals surface area contributed by atoms with E-state index in [0.717, 1.165) is 5.56 Å². The molecule has 0 aliphatic carbocycles. The summed E-state index contributed by atoms with van der Waals surface area (Å²) < 4.78 is 5.08. The predicted molar refractivity (Wildman–Crippen MR) is 63.9 cm³/mol. The van der Waals surface area contributed by atoms with Crippen molar-refractivity contribution in [3.63, 3.8) is 0 Å². The number of furan rings is 1. The molecular formula is C13H13NO3. The summed E-state index contributed by atoms with van der Waals surface area (Å²) in [5.41, 5.74) is 0.971. The third-order valence-corrected chi connectivity index (χ3v) is 2.42. The van der Waals surface area contributed by atoms with Gasteiger partial charge in [-0.2, -0.15) is 0 Å². The molecule has 2 rings (SSSR count). The molecular weight excluding hydrogens is 218 g/mol. The summed E-state index contributed by atoms with van der Waals surface area (Å²) in [7, 11) is 0. The zero-order valence-corrected chi connectivity index (χ0v) is 9.17. The Balaban J connectivity index is 2.06. The fraction of sp³-hybridized carbons (Fsp3) is 0.154. The molecule has 1 atom stereocenters. The fourth-order valence-corrected chi connectivity index (χ4v) is 1.58. The van der Waals surface area contributed by atoms with E-state index in [1.165, 1.54) is 6.26 Å². The van der Waals surface area contributed by atoms with Crippen LogP contribution < -0.4 is 5.32 Å². The number of nitrogens with one attached hydrogen (secondary N) is 1. The summed E-state index contributed by atoms with van der Waals surface area (Å²) in [5, 5.41) is 12.0. The molecule has 1 unspecified atom stereocenters. The van der Waals surface area contributed by atoms with Gasteiger partial charge in [0.25, 0.3) is 0 Å². The van der Waals surface area contributed by atoms with Gasteiger partial charge in [-0.05, 0) is 11.6 Å². The second-order valence-electron chi connectivity index (χ2n) is 3.70. The normalized spacial score (nSPS) is 12.0. The highest BCUT2D eigenvalue weighted by Crippen LogP contribution is 2.12. The zero-order chi connectivity index (χ0) is 12.1. The van der Waals surface area contributed by atoms with Gasteiger partial charge in [0, 0.05) is 12.5 Å². The van der Waals surface area contributed by atoms with Gasteiger partial charge in [-0.1, -0.05) is 30.3 Å². The first-order valence-electron chi connectivity index (χ1n) is 5.32. The van der Waals surface area contributed by atoms with Gasteiger partial charge in [0.15, 0.2) is 5.88 Å². The Hall–Kier alpha value is -2.23. The summed E-state index contributed by atoms with van der Waals surface area (Å²) in [6.45, 7) is 0. The maximum absolute atomic E-state index is 11.1. The Morgan fingerprint density at radius 1 is 1.24 bits per heavy atom. The van der Waals surface area contributed by atoms with Crippen molar-refractivity contribution >= 4 is 11.9 Å². The lowest BCUT2D eigenvalue weighted by Gasteiger charge is -2.13. The summed E-state index contributed by atoms with van der Waals surface area (Å²) >= 11 is 0. The van der Waals surface area contributed by atoms with Crippen LogP contribution in [0.4, 0.5) is 5.88 Å². The van der Waals surface area contributed by atoms with Gasteiger partial charge < -0.3 is 14.8 Å². The van der Waals surface area contributed by atoms with Crippen molar-refractivity contribution in [2.24, 2.45) is 0 Å². The fourth-order valence-electron chi connectivity index (χ4n) is 1.58. The van der Waals surface area contributed by atoms with E-state index < -0.39 is 12.0 Å². The molecule has 0 amide bonds. The molecule has 0 radical (unpaired) electrons. The quantitative estimate of drug-likeness (QED) is 0.829. The van der Waals surface area contributed by atoms with Crippen LogP contribution in [0.25, 0.3) is 0 Å². The summed E-state index contributed by atoms with van der Waals surface area (Å²) in [5.74, 6) is -0.432. The van der Waals surface area contributed by atoms with Gasteiger partial charge in [0.1, 0.15) is 6.04 Å². The van der Waals surface area contributed by atoms with E-state index in [1.54, 1.807) is 12.1 Å². The number of hydrogen-bond acceptors (Lipinski definition) is 3. The number of rotatable bonds is 5. The molecule has 4 heteroatoms. The number of aliphatic carboxylic acids is 1. The molecule has 0 aliphatic heterocycles. The predicted octanol–water partition coefficient (Wildman–Crippen LogP) is 2.39. The van der Waals surface area contributed by atoms with Crippen LogP contribution in [0.1, 0.15) is 5.56 Å². The molecule has 2 N–H and O–H groups in total. The Morgan fingerprint density at radius 2 is 2.00 bits per heavy atom. The number of benzene rings is 1. The molecule has 0 spiro atoms. The van der Waals surface area contributed by atoms with E-state index in [2.05, 4.69) is 5.32 Å². The highest BCUT2D eigenvalue weighted by molar-refractivity contribution is 5.77. The van der Waals surface area contributed by atoms with Crippen molar-refractivity contribution in [3.05, 3.63) is 54.3 Å². The summed E-state index contributed by atoms with van der Waals surface area (Å²) in [6.07, 6.45) is 1.92. The van der Waals surface area contributed by atoms with Gasteiger partial charge in [-0.15, -0.1) is 0 Å². The Labute approximate surface area is 98.9 Å². The van der Waals surface area contributed by atoms with Crippen molar-refractivity contribution in [2.45, 2.75) is 12.5 Å². The van der Waals surface area contributed by atoms with Gasteiger partial charge >= 0.3 is 5.97 Å². The first-order valence-corrected chi connectivity index (χ1v) is 5.32. The van der Waals surface area contributed by atoms with Crippen LogP contribution in [0.3, 0.4) is 0 Å². The van der Waals surface area contributed by atoms with E-state index in [4.69, 9.17) is 9.52 Å². The van der Waals surface area contributed by atoms with Crippen molar-refractivity contribution in [2.75, 3.05) is 5.32 Å². The summed E-state index contributed by atoms with van der Waals surface area (Å²) in [6, 6.07) is 12.2. The van der Waals surface area contributed by atoms with Crippen molar-refractivity contribution in [3.8, 4) is 0 Å². The van der Waals surface area contributed by atoms with Gasteiger partial charge in [0.05, 0.1) is 6.26 Å². The molecule has 1 heterocycles. The number of anilines is 1. The first-order chi connectivity index (χ1) is 8.25. The molecule has 2 aromatic rings. The van der Waals surface area contributed by atoms with Crippen LogP contribution in [0.2, 0.25) is 0 Å². The minimum absolute atomic E-state index is 0.414. The van der Waals surface area contributed by atoms with Crippen LogP contribution >= 0.6 is 0 Å². The van der Waals surface area contributed by atoms with E-state index in [1.807, 2.05) is 30.3 Å². The average molecular weight is 231 g/mol. The second kappa shape index (κ2) is 5.21. The van der Waals surface area contributed by atoms with Crippen molar-refractivity contribution in [1.82, 2.24) is 0 Å². The Kier molecular flexibility index (Phi) is 3.45. The molecule has 0 saturated heterocycles. The highest BCUT2D eigenvalue weighted by Gasteiger charge is 2.18. The lowest BCUT2D eigenvalue weighted by Crippen LogP contribution is -2.31. The molecule has 17 heavy (non-hydrogen) atoms. The number of carbonyl (C=O) groups is 1. The minimum atomic E-state index is -0.898. The lowest BCUT2D eigenvalue weighted by atomic mass is 10.1. The van der Waals surface area contributed by atoms with Crippen LogP contribution in [0.5, 0.6) is 0 Å². The monoisotopic (exact) mass is 231 g/mol. The van der Waals surface area contributed by atoms with E-state index in [-0.39, 0.29) is 0 Å². The second-order valence-corrected chi connectivity index (χ2v) is 3.70. The number of carboxylic acids is 1. The van der Waals surface area contributed by atoms with Crippen LogP contribution in [-0.2, 0) is 11.2 Å². The molecule has 1 aromatic carbocycles. The van der Waals surface area contributed by atoms with E-state index >= 15 is 0 Å². The Bertz CT molecular complexity index is 465. The van der Waals surface area contributed by atoms with Crippen LogP contribution in [0.15, 0.2) is 53.1 Å². The minimum Gasteiger partial charge on any atom is -0.480 e. The lowest BCUT2D eigenvalue weighted by molar-refractivity contribution is -0.137. The molecule has 0 aliphatic rings. The van der Waals surface area contributed by atoms with Crippen molar-refractivity contribution < 1.29 is 14.3 Å². The van der Waals surface area contributed by atoms with Crippen molar-refractivity contribution in [1.29, 1.82) is 0 Å². The van der Waals surface area contributed by atoms with E-state index in [0.29, 0.717) is 12.3 Å². The Morgan fingerprint density at radius 3 is 2.59 bits per heavy atom. The molecule has 0 saturated carbocycles. The highest BCUT2D eigenvalue weighted by atomic mass is 16.4. The molecule has 1 aromatic heterocycles. The summed E-state index contributed by atoms with van der Waals surface area (Å²) in [4.78, 5) is 11.1. The molecule has 4 nitrogen and oxygen atoms in total. The largest absolute Gasteiger partial charge is 0.480 e. The number of carboxylic acid groups (broad SMARTS) is 1. The van der Waals surface area contributed by atoms with E-state index in [9.17, 15) is 4.79 Å². The van der Waals surface area contributed by atoms with Crippen LogP contribution in [0, 0.1) is 0 Å². The maximum Gasteiger partial charge on any atom is 0.326 e. The standard InChI is InChI=1S/C13H13NO3/c15-13(16)11(14-12-7-4-8-17-12)9-10-5-2-1-3-6-10/h1-8,11,14H,9H2,(H,15,16). The number of hydrogen-bond donors (Lipinski definition) is 2. The van der Waals surface area contributed by atoms with Gasteiger partial charge in [-0.3, -0.25) is 0 Å². The maximum atomic E-state index is 11.1. The van der Waals surface area contributed by atoms with Gasteiger partial charge in [-0.25, -0.2) is 4.79 Å². The first kappa shape index (κ1) is 11.3. The third kappa shape index (κ3) is 3.11. The van der Waals surface area contributed by atoms with Crippen LogP contribution in [-0.4, -0.2) is 17.1 Å².